The fourth-order valence-corrected chi connectivity index (χ4v) is 8.01. The van der Waals surface area contributed by atoms with Crippen LogP contribution >= 0.6 is 0 Å². The lowest BCUT2D eigenvalue weighted by Gasteiger charge is -2.24. The minimum Gasteiger partial charge on any atom is -0.462 e. The van der Waals surface area contributed by atoms with Gasteiger partial charge in [0.25, 0.3) is 0 Å². The zero-order chi connectivity index (χ0) is 46.7. The van der Waals surface area contributed by atoms with E-state index in [4.69, 9.17) is 4.74 Å². The molecule has 0 radical (unpaired) electrons. The van der Waals surface area contributed by atoms with E-state index in [9.17, 15) is 19.8 Å². The Bertz CT molecular complexity index is 1190. The van der Waals surface area contributed by atoms with E-state index in [0.29, 0.717) is 19.3 Å². The lowest BCUT2D eigenvalue weighted by atomic mass is 10.0. The Morgan fingerprint density at radius 1 is 0.484 bits per heavy atom. The molecule has 3 N–H and O–H groups in total. The summed E-state index contributed by atoms with van der Waals surface area (Å²) in [4.78, 5) is 26.2. The van der Waals surface area contributed by atoms with Crippen LogP contribution in [0.3, 0.4) is 0 Å². The summed E-state index contributed by atoms with van der Waals surface area (Å²) in [6.45, 7) is 6.34. The number of carbonyl (C=O) groups is 2. The molecule has 0 aromatic rings. The molecule has 0 aliphatic carbocycles. The molecule has 0 spiro atoms. The van der Waals surface area contributed by atoms with E-state index >= 15 is 0 Å². The molecule has 0 saturated heterocycles. The second kappa shape index (κ2) is 51.3. The molecule has 0 rings (SSSR count). The Morgan fingerprint density at radius 3 is 1.44 bits per heavy atom. The molecular weight excluding hydrogens is 791 g/mol. The lowest BCUT2D eigenvalue weighted by Crippen LogP contribution is -2.46. The van der Waals surface area contributed by atoms with E-state index in [-0.39, 0.29) is 24.9 Å². The maximum Gasteiger partial charge on any atom is 0.306 e. The summed E-state index contributed by atoms with van der Waals surface area (Å²) >= 11 is 0. The third-order valence-electron chi connectivity index (χ3n) is 12.1. The standard InChI is InChI=1S/C58H103NO5/c1-4-7-10-13-16-19-22-25-27-28-29-31-33-36-39-42-45-48-51-58(63)64-54(49-46-43-40-37-34-24-21-18-15-12-9-6-3)52-57(62)59-55(53-60)56(61)50-47-44-41-38-35-32-30-26-23-20-17-14-11-8-5-2/h9,12,16,18-19,21-22,25,27-29,31,54-56,60-61H,4-8,10-11,13-15,17,20,23-24,26,30,32-53H2,1-3H3,(H,59,62)/b12-9+,19-16+,21-18+,25-22+,28-27+,31-29+. The minimum absolute atomic E-state index is 0.0559. The maximum absolute atomic E-state index is 13.2. The molecule has 0 aliphatic heterocycles. The summed E-state index contributed by atoms with van der Waals surface area (Å²) in [5.74, 6) is -0.514. The van der Waals surface area contributed by atoms with Crippen molar-refractivity contribution in [2.75, 3.05) is 6.61 Å². The van der Waals surface area contributed by atoms with Gasteiger partial charge in [-0.25, -0.2) is 0 Å². The first-order chi connectivity index (χ1) is 31.5. The predicted octanol–water partition coefficient (Wildman–Crippen LogP) is 16.6. The van der Waals surface area contributed by atoms with Crippen molar-refractivity contribution >= 4 is 11.9 Å². The highest BCUT2D eigenvalue weighted by Crippen LogP contribution is 2.18. The van der Waals surface area contributed by atoms with Crippen LogP contribution in [0.4, 0.5) is 0 Å². The van der Waals surface area contributed by atoms with Gasteiger partial charge < -0.3 is 20.3 Å². The average molecular weight is 894 g/mol. The van der Waals surface area contributed by atoms with Crippen molar-refractivity contribution < 1.29 is 24.5 Å². The molecule has 0 aromatic heterocycles. The Kier molecular flexibility index (Phi) is 49.1. The van der Waals surface area contributed by atoms with Crippen LogP contribution in [0.25, 0.3) is 0 Å². The smallest absolute Gasteiger partial charge is 0.306 e. The molecule has 0 aliphatic rings. The summed E-state index contributed by atoms with van der Waals surface area (Å²) in [6.07, 6.45) is 65.3. The average Bonchev–Trinajstić information content (AvgIpc) is 3.29. The third kappa shape index (κ3) is 45.9. The SMILES string of the molecule is CC/C=C/C/C=C/CCCCCCCC(CC(=O)NC(CO)C(O)CCCCCCCCCCCCCCCCC)OC(=O)CCCCCCC/C=C/C=C/C=C/C=C/CCCCC. The molecule has 1 amide bonds. The highest BCUT2D eigenvalue weighted by Gasteiger charge is 2.24. The number of hydrogen-bond donors (Lipinski definition) is 3. The second-order valence-electron chi connectivity index (χ2n) is 18.3. The van der Waals surface area contributed by atoms with Crippen LogP contribution in [0.15, 0.2) is 72.9 Å². The number of aliphatic hydroxyl groups excluding tert-OH is 2. The fraction of sp³-hybridized carbons (Fsp3) is 0.759. The molecule has 0 aromatic carbocycles. The highest BCUT2D eigenvalue weighted by atomic mass is 16.5. The number of nitrogens with one attached hydrogen (secondary N) is 1. The van der Waals surface area contributed by atoms with E-state index in [1.54, 1.807) is 0 Å². The number of aliphatic hydroxyl groups is 2. The Hall–Kier alpha value is -2.70. The van der Waals surface area contributed by atoms with Gasteiger partial charge in [0.05, 0.1) is 25.2 Å². The van der Waals surface area contributed by atoms with Gasteiger partial charge in [-0.15, -0.1) is 0 Å². The third-order valence-corrected chi connectivity index (χ3v) is 12.1. The van der Waals surface area contributed by atoms with Gasteiger partial charge in [0.1, 0.15) is 6.10 Å². The molecule has 3 unspecified atom stereocenters. The van der Waals surface area contributed by atoms with Crippen molar-refractivity contribution in [3.05, 3.63) is 72.9 Å². The Morgan fingerprint density at radius 2 is 0.906 bits per heavy atom. The van der Waals surface area contributed by atoms with Gasteiger partial charge in [-0.1, -0.05) is 241 Å². The van der Waals surface area contributed by atoms with Crippen LogP contribution in [0.5, 0.6) is 0 Å². The first-order valence-corrected chi connectivity index (χ1v) is 27.2. The first-order valence-electron chi connectivity index (χ1n) is 27.2. The molecule has 64 heavy (non-hydrogen) atoms. The number of esters is 1. The van der Waals surface area contributed by atoms with Crippen LogP contribution in [0, 0.1) is 0 Å². The van der Waals surface area contributed by atoms with E-state index in [0.717, 1.165) is 109 Å². The second-order valence-corrected chi connectivity index (χ2v) is 18.3. The lowest BCUT2D eigenvalue weighted by molar-refractivity contribution is -0.151. The molecule has 370 valence electrons. The van der Waals surface area contributed by atoms with E-state index in [2.05, 4.69) is 99.0 Å². The number of rotatable bonds is 48. The van der Waals surface area contributed by atoms with Crippen LogP contribution in [0.2, 0.25) is 0 Å². The summed E-state index contributed by atoms with van der Waals surface area (Å²) in [5, 5.41) is 23.8. The number of amides is 1. The molecular formula is C58H103NO5. The number of hydrogen-bond acceptors (Lipinski definition) is 5. The normalized spacial score (nSPS) is 13.8. The van der Waals surface area contributed by atoms with Crippen molar-refractivity contribution in [2.45, 2.75) is 277 Å². The quantitative estimate of drug-likeness (QED) is 0.0245. The largest absolute Gasteiger partial charge is 0.462 e. The molecule has 6 nitrogen and oxygen atoms in total. The van der Waals surface area contributed by atoms with Crippen molar-refractivity contribution in [1.29, 1.82) is 0 Å². The molecule has 0 heterocycles. The molecule has 0 bridgehead atoms. The van der Waals surface area contributed by atoms with Crippen LogP contribution in [0.1, 0.15) is 258 Å². The van der Waals surface area contributed by atoms with Gasteiger partial charge >= 0.3 is 5.97 Å². The molecule has 0 saturated carbocycles. The number of ether oxygens (including phenoxy) is 1. The monoisotopic (exact) mass is 894 g/mol. The maximum atomic E-state index is 13.2. The van der Waals surface area contributed by atoms with Gasteiger partial charge in [-0.3, -0.25) is 9.59 Å². The van der Waals surface area contributed by atoms with Gasteiger partial charge in [0.2, 0.25) is 5.91 Å². The van der Waals surface area contributed by atoms with Crippen LogP contribution in [-0.2, 0) is 14.3 Å². The predicted molar refractivity (Wildman–Crippen MR) is 278 cm³/mol. The van der Waals surface area contributed by atoms with E-state index < -0.39 is 18.2 Å². The Balaban J connectivity index is 4.58. The molecule has 0 fully saturated rings. The highest BCUT2D eigenvalue weighted by molar-refractivity contribution is 5.77. The van der Waals surface area contributed by atoms with Crippen molar-refractivity contribution in [3.63, 3.8) is 0 Å². The molecule has 6 heteroatoms. The van der Waals surface area contributed by atoms with Gasteiger partial charge in [-0.2, -0.15) is 0 Å². The minimum atomic E-state index is -0.799. The van der Waals surface area contributed by atoms with Gasteiger partial charge in [-0.05, 0) is 77.0 Å². The van der Waals surface area contributed by atoms with Crippen molar-refractivity contribution in [2.24, 2.45) is 0 Å². The first kappa shape index (κ1) is 61.3. The van der Waals surface area contributed by atoms with Crippen molar-refractivity contribution in [1.82, 2.24) is 5.32 Å². The number of unbranched alkanes of at least 4 members (excludes halogenated alkanes) is 27. The number of allylic oxidation sites excluding steroid dienone is 12. The Labute approximate surface area is 396 Å². The van der Waals surface area contributed by atoms with Gasteiger partial charge in [0.15, 0.2) is 0 Å². The topological polar surface area (TPSA) is 95.9 Å². The van der Waals surface area contributed by atoms with Crippen molar-refractivity contribution in [3.8, 4) is 0 Å². The zero-order valence-electron chi connectivity index (χ0n) is 42.1. The van der Waals surface area contributed by atoms with E-state index in [1.165, 1.54) is 103 Å². The van der Waals surface area contributed by atoms with E-state index in [1.807, 2.05) is 0 Å². The van der Waals surface area contributed by atoms with Gasteiger partial charge in [0, 0.05) is 6.42 Å². The number of carbonyl (C=O) groups excluding carboxylic acids is 2. The summed E-state index contributed by atoms with van der Waals surface area (Å²) in [5.41, 5.74) is 0. The van der Waals surface area contributed by atoms with Crippen LogP contribution < -0.4 is 5.32 Å². The van der Waals surface area contributed by atoms with Crippen LogP contribution in [-0.4, -0.2) is 46.9 Å². The summed E-state index contributed by atoms with van der Waals surface area (Å²) < 4.78 is 5.93. The fourth-order valence-electron chi connectivity index (χ4n) is 8.01. The molecule has 3 atom stereocenters. The summed E-state index contributed by atoms with van der Waals surface area (Å²) in [6, 6.07) is -0.714. The zero-order valence-corrected chi connectivity index (χ0v) is 42.1. The summed E-state index contributed by atoms with van der Waals surface area (Å²) in [7, 11) is 0.